The number of nitrogens with zero attached hydrogens (tertiary/aromatic N) is 1. The first-order valence-electron chi connectivity index (χ1n) is 8.73. The lowest BCUT2D eigenvalue weighted by Crippen LogP contribution is -2.40. The van der Waals surface area contributed by atoms with Crippen molar-refractivity contribution >= 4 is 17.5 Å². The standard InChI is InChI=1S/C18H25N3O3/c22-17(7-6-14-8-10-19-12-14)20-9-3-11-21-15-4-1-2-5-16(15)24-13-18(21)23/h1-2,4-5,14,19H,3,6-13H2,(H,20,22). The lowest BCUT2D eigenvalue weighted by Gasteiger charge is -2.29. The van der Waals surface area contributed by atoms with Gasteiger partial charge in [-0.15, -0.1) is 0 Å². The number of carbonyl (C=O) groups is 2. The Labute approximate surface area is 142 Å². The fourth-order valence-electron chi connectivity index (χ4n) is 3.25. The molecule has 0 radical (unpaired) electrons. The number of hydrogen-bond donors (Lipinski definition) is 2. The molecule has 130 valence electrons. The van der Waals surface area contributed by atoms with Crippen LogP contribution in [0.2, 0.25) is 0 Å². The van der Waals surface area contributed by atoms with Crippen LogP contribution in [0.4, 0.5) is 5.69 Å². The minimum Gasteiger partial charge on any atom is -0.482 e. The molecule has 2 N–H and O–H groups in total. The summed E-state index contributed by atoms with van der Waals surface area (Å²) in [6, 6.07) is 7.55. The Morgan fingerprint density at radius 3 is 3.08 bits per heavy atom. The maximum absolute atomic E-state index is 12.0. The normalized spacial score (nSPS) is 19.8. The Morgan fingerprint density at radius 2 is 2.25 bits per heavy atom. The van der Waals surface area contributed by atoms with Gasteiger partial charge in [0.2, 0.25) is 5.91 Å². The molecule has 1 fully saturated rings. The van der Waals surface area contributed by atoms with Gasteiger partial charge in [0, 0.05) is 19.5 Å². The molecule has 3 rings (SSSR count). The Kier molecular flexibility index (Phi) is 5.69. The lowest BCUT2D eigenvalue weighted by atomic mass is 10.0. The van der Waals surface area contributed by atoms with Crippen molar-refractivity contribution in [2.45, 2.75) is 25.7 Å². The minimum absolute atomic E-state index is 0.0336. The van der Waals surface area contributed by atoms with Gasteiger partial charge in [0.15, 0.2) is 6.61 Å². The first-order valence-corrected chi connectivity index (χ1v) is 8.73. The highest BCUT2D eigenvalue weighted by Gasteiger charge is 2.24. The van der Waals surface area contributed by atoms with Gasteiger partial charge in [-0.05, 0) is 50.4 Å². The Bertz CT molecular complexity index is 585. The van der Waals surface area contributed by atoms with Crippen LogP contribution < -0.4 is 20.3 Å². The SMILES string of the molecule is O=C(CCC1CCNC1)NCCCN1C(=O)COc2ccccc21. The number of nitrogens with one attached hydrogen (secondary N) is 2. The van der Waals surface area contributed by atoms with Crippen LogP contribution in [0.3, 0.4) is 0 Å². The molecule has 6 nitrogen and oxygen atoms in total. The van der Waals surface area contributed by atoms with Crippen LogP contribution in [0.5, 0.6) is 5.75 Å². The molecule has 1 saturated heterocycles. The first kappa shape index (κ1) is 16.8. The maximum atomic E-state index is 12.0. The highest BCUT2D eigenvalue weighted by atomic mass is 16.5. The van der Waals surface area contributed by atoms with Crippen molar-refractivity contribution < 1.29 is 14.3 Å². The molecule has 2 heterocycles. The van der Waals surface area contributed by atoms with Gasteiger partial charge in [-0.25, -0.2) is 0 Å². The third-order valence-corrected chi connectivity index (χ3v) is 4.63. The van der Waals surface area contributed by atoms with Crippen molar-refractivity contribution in [1.29, 1.82) is 0 Å². The van der Waals surface area contributed by atoms with E-state index in [-0.39, 0.29) is 18.4 Å². The van der Waals surface area contributed by atoms with Crippen LogP contribution in [0.1, 0.15) is 25.7 Å². The molecular weight excluding hydrogens is 306 g/mol. The number of rotatable bonds is 7. The Hall–Kier alpha value is -2.08. The van der Waals surface area contributed by atoms with Crippen molar-refractivity contribution in [3.63, 3.8) is 0 Å². The number of para-hydroxylation sites is 2. The van der Waals surface area contributed by atoms with Crippen molar-refractivity contribution in [2.75, 3.05) is 37.7 Å². The van der Waals surface area contributed by atoms with E-state index < -0.39 is 0 Å². The second-order valence-electron chi connectivity index (χ2n) is 6.40. The summed E-state index contributed by atoms with van der Waals surface area (Å²) in [5, 5.41) is 6.27. The fraction of sp³-hybridized carbons (Fsp3) is 0.556. The summed E-state index contributed by atoms with van der Waals surface area (Å²) in [5.74, 6) is 1.45. The van der Waals surface area contributed by atoms with E-state index in [2.05, 4.69) is 10.6 Å². The highest BCUT2D eigenvalue weighted by molar-refractivity contribution is 5.97. The Morgan fingerprint density at radius 1 is 1.38 bits per heavy atom. The zero-order valence-corrected chi connectivity index (χ0v) is 13.9. The fourth-order valence-corrected chi connectivity index (χ4v) is 3.25. The van der Waals surface area contributed by atoms with Gasteiger partial charge in [-0.1, -0.05) is 12.1 Å². The average Bonchev–Trinajstić information content (AvgIpc) is 3.12. The largest absolute Gasteiger partial charge is 0.482 e. The molecule has 0 spiro atoms. The maximum Gasteiger partial charge on any atom is 0.265 e. The summed E-state index contributed by atoms with van der Waals surface area (Å²) in [5.41, 5.74) is 0.814. The van der Waals surface area contributed by atoms with E-state index in [1.54, 1.807) is 4.90 Å². The van der Waals surface area contributed by atoms with Gasteiger partial charge in [0.25, 0.3) is 5.91 Å². The summed E-state index contributed by atoms with van der Waals surface area (Å²) in [7, 11) is 0. The predicted molar refractivity (Wildman–Crippen MR) is 92.1 cm³/mol. The number of anilines is 1. The number of fused-ring (bicyclic) bond motifs is 1. The zero-order valence-electron chi connectivity index (χ0n) is 13.9. The summed E-state index contributed by atoms with van der Waals surface area (Å²) in [6.07, 6.45) is 3.45. The molecule has 0 aliphatic carbocycles. The van der Waals surface area contributed by atoms with Gasteiger partial charge in [0.1, 0.15) is 5.75 Å². The molecule has 0 saturated carbocycles. The summed E-state index contributed by atoms with van der Waals surface area (Å²) in [6.45, 7) is 3.37. The van der Waals surface area contributed by atoms with E-state index in [4.69, 9.17) is 4.74 Å². The molecular formula is C18H25N3O3. The predicted octanol–water partition coefficient (Wildman–Crippen LogP) is 1.31. The summed E-state index contributed by atoms with van der Waals surface area (Å²) in [4.78, 5) is 25.7. The lowest BCUT2D eigenvalue weighted by molar-refractivity contribution is -0.121. The quantitative estimate of drug-likeness (QED) is 0.739. The van der Waals surface area contributed by atoms with E-state index in [0.29, 0.717) is 25.4 Å². The third kappa shape index (κ3) is 4.26. The van der Waals surface area contributed by atoms with E-state index in [0.717, 1.165) is 37.4 Å². The van der Waals surface area contributed by atoms with Gasteiger partial charge in [-0.3, -0.25) is 9.59 Å². The van der Waals surface area contributed by atoms with Crippen molar-refractivity contribution in [3.05, 3.63) is 24.3 Å². The molecule has 1 atom stereocenters. The smallest absolute Gasteiger partial charge is 0.265 e. The molecule has 2 amide bonds. The molecule has 0 bridgehead atoms. The Balaban J connectivity index is 1.38. The number of hydrogen-bond acceptors (Lipinski definition) is 4. The van der Waals surface area contributed by atoms with Crippen LogP contribution in [-0.2, 0) is 9.59 Å². The highest BCUT2D eigenvalue weighted by Crippen LogP contribution is 2.31. The van der Waals surface area contributed by atoms with Crippen molar-refractivity contribution in [3.8, 4) is 5.75 Å². The first-order chi connectivity index (χ1) is 11.7. The van der Waals surface area contributed by atoms with Gasteiger partial charge in [-0.2, -0.15) is 0 Å². The van der Waals surface area contributed by atoms with E-state index in [9.17, 15) is 9.59 Å². The second kappa shape index (κ2) is 8.15. The van der Waals surface area contributed by atoms with E-state index >= 15 is 0 Å². The molecule has 1 aromatic rings. The number of amides is 2. The van der Waals surface area contributed by atoms with Crippen LogP contribution in [0.15, 0.2) is 24.3 Å². The third-order valence-electron chi connectivity index (χ3n) is 4.63. The van der Waals surface area contributed by atoms with Crippen LogP contribution in [0.25, 0.3) is 0 Å². The number of ether oxygens (including phenoxy) is 1. The average molecular weight is 331 g/mol. The molecule has 1 unspecified atom stereocenters. The van der Waals surface area contributed by atoms with Crippen LogP contribution in [0, 0.1) is 5.92 Å². The molecule has 1 aromatic carbocycles. The van der Waals surface area contributed by atoms with Crippen molar-refractivity contribution in [2.24, 2.45) is 5.92 Å². The molecule has 2 aliphatic heterocycles. The summed E-state index contributed by atoms with van der Waals surface area (Å²) >= 11 is 0. The van der Waals surface area contributed by atoms with Gasteiger partial charge >= 0.3 is 0 Å². The van der Waals surface area contributed by atoms with Crippen LogP contribution in [-0.4, -0.2) is 44.6 Å². The topological polar surface area (TPSA) is 70.7 Å². The van der Waals surface area contributed by atoms with E-state index in [1.807, 2.05) is 24.3 Å². The molecule has 6 heteroatoms. The number of carbonyl (C=O) groups excluding carboxylic acids is 2. The molecule has 2 aliphatic rings. The zero-order chi connectivity index (χ0) is 16.8. The van der Waals surface area contributed by atoms with Crippen molar-refractivity contribution in [1.82, 2.24) is 10.6 Å². The molecule has 0 aromatic heterocycles. The summed E-state index contributed by atoms with van der Waals surface area (Å²) < 4.78 is 5.43. The molecule has 24 heavy (non-hydrogen) atoms. The second-order valence-corrected chi connectivity index (χ2v) is 6.40. The van der Waals surface area contributed by atoms with E-state index in [1.165, 1.54) is 6.42 Å². The monoisotopic (exact) mass is 331 g/mol. The number of benzene rings is 1. The van der Waals surface area contributed by atoms with Gasteiger partial charge in [0.05, 0.1) is 5.69 Å². The van der Waals surface area contributed by atoms with Crippen LogP contribution >= 0.6 is 0 Å². The minimum atomic E-state index is -0.0336. The van der Waals surface area contributed by atoms with Gasteiger partial charge < -0.3 is 20.3 Å².